The molecule has 2 heterocycles. The number of carbonyl (C=O) groups is 1. The van der Waals surface area contributed by atoms with Gasteiger partial charge in [-0.25, -0.2) is 0 Å². The Morgan fingerprint density at radius 3 is 2.63 bits per heavy atom. The third-order valence-corrected chi connectivity index (χ3v) is 5.84. The highest BCUT2D eigenvalue weighted by molar-refractivity contribution is 6.30. The van der Waals surface area contributed by atoms with Crippen molar-refractivity contribution in [1.29, 1.82) is 0 Å². The van der Waals surface area contributed by atoms with Crippen LogP contribution in [0.25, 0.3) is 11.0 Å². The van der Waals surface area contributed by atoms with Gasteiger partial charge in [-0.3, -0.25) is 9.59 Å². The predicted molar refractivity (Wildman–Crippen MR) is 119 cm³/mol. The van der Waals surface area contributed by atoms with E-state index in [9.17, 15) is 9.59 Å². The molecule has 3 aromatic rings. The van der Waals surface area contributed by atoms with E-state index in [0.717, 1.165) is 30.5 Å². The second kappa shape index (κ2) is 8.25. The van der Waals surface area contributed by atoms with Gasteiger partial charge in [-0.15, -0.1) is 0 Å². The van der Waals surface area contributed by atoms with Crippen LogP contribution in [0.2, 0.25) is 5.02 Å². The number of nitrogens with zero attached hydrogens (tertiary/aromatic N) is 2. The Hall–Kier alpha value is -2.63. The summed E-state index contributed by atoms with van der Waals surface area (Å²) in [6.45, 7) is 3.40. The summed E-state index contributed by atoms with van der Waals surface area (Å²) in [6.07, 6.45) is 1.61. The lowest BCUT2D eigenvalue weighted by Crippen LogP contribution is -2.32. The van der Waals surface area contributed by atoms with Gasteiger partial charge in [-0.2, -0.15) is 0 Å². The van der Waals surface area contributed by atoms with Crippen LogP contribution in [-0.2, 0) is 6.42 Å². The maximum Gasteiger partial charge on any atom is 0.290 e. The van der Waals surface area contributed by atoms with Crippen LogP contribution < -0.4 is 5.43 Å². The van der Waals surface area contributed by atoms with Gasteiger partial charge < -0.3 is 14.2 Å². The Morgan fingerprint density at radius 1 is 1.13 bits per heavy atom. The van der Waals surface area contributed by atoms with Gasteiger partial charge in [0, 0.05) is 11.6 Å². The first-order valence-electron chi connectivity index (χ1n) is 10.2. The number of fused-ring (bicyclic) bond motifs is 2. The van der Waals surface area contributed by atoms with E-state index < -0.39 is 6.04 Å². The maximum atomic E-state index is 13.6. The van der Waals surface area contributed by atoms with E-state index in [2.05, 4.69) is 4.90 Å². The number of hydrogen-bond acceptors (Lipinski definition) is 4. The van der Waals surface area contributed by atoms with E-state index in [1.54, 1.807) is 17.0 Å². The molecule has 5 nitrogen and oxygen atoms in total. The first-order valence-corrected chi connectivity index (χ1v) is 10.6. The monoisotopic (exact) mass is 424 g/mol. The highest BCUT2D eigenvalue weighted by atomic mass is 35.5. The zero-order valence-electron chi connectivity index (χ0n) is 17.4. The Labute approximate surface area is 180 Å². The summed E-state index contributed by atoms with van der Waals surface area (Å²) in [4.78, 5) is 30.7. The molecule has 0 saturated heterocycles. The number of benzene rings is 2. The van der Waals surface area contributed by atoms with Gasteiger partial charge in [0.05, 0.1) is 17.0 Å². The van der Waals surface area contributed by atoms with Gasteiger partial charge in [0.2, 0.25) is 5.76 Å². The molecule has 0 radical (unpaired) electrons. The van der Waals surface area contributed by atoms with Gasteiger partial charge in [-0.05, 0) is 68.9 Å². The van der Waals surface area contributed by atoms with Crippen LogP contribution in [0.4, 0.5) is 0 Å². The summed E-state index contributed by atoms with van der Waals surface area (Å²) in [5, 5.41) is 1.09. The predicted octanol–water partition coefficient (Wildman–Crippen LogP) is 4.51. The molecule has 1 aliphatic rings. The van der Waals surface area contributed by atoms with Crippen molar-refractivity contribution in [2.75, 3.05) is 27.2 Å². The normalized spacial score (nSPS) is 16.0. The van der Waals surface area contributed by atoms with Crippen LogP contribution in [0.3, 0.4) is 0 Å². The molecule has 1 unspecified atom stereocenters. The Kier molecular flexibility index (Phi) is 5.67. The molecular formula is C24H25ClN2O3. The number of amides is 1. The SMILES string of the molecule is CCc1ccc2oc3c(c(=O)c2c1)C(c1cccc(Cl)c1)N(CCCN(C)C)C3=O. The zero-order chi connectivity index (χ0) is 21.4. The summed E-state index contributed by atoms with van der Waals surface area (Å²) in [7, 11) is 4.00. The number of aryl methyl sites for hydroxylation is 1. The molecule has 2 aromatic carbocycles. The van der Waals surface area contributed by atoms with E-state index in [0.29, 0.717) is 28.1 Å². The highest BCUT2D eigenvalue weighted by Crippen LogP contribution is 2.38. The quantitative estimate of drug-likeness (QED) is 0.584. The second-order valence-electron chi connectivity index (χ2n) is 7.97. The molecule has 0 fully saturated rings. The van der Waals surface area contributed by atoms with E-state index in [4.69, 9.17) is 16.0 Å². The molecule has 0 spiro atoms. The second-order valence-corrected chi connectivity index (χ2v) is 8.41. The molecule has 0 aliphatic carbocycles. The minimum Gasteiger partial charge on any atom is -0.450 e. The molecule has 4 rings (SSSR count). The van der Waals surface area contributed by atoms with Crippen molar-refractivity contribution < 1.29 is 9.21 Å². The maximum absolute atomic E-state index is 13.6. The van der Waals surface area contributed by atoms with Crippen molar-refractivity contribution in [3.05, 3.63) is 80.2 Å². The smallest absolute Gasteiger partial charge is 0.290 e. The minimum atomic E-state index is -0.501. The van der Waals surface area contributed by atoms with Crippen LogP contribution in [-0.4, -0.2) is 42.9 Å². The van der Waals surface area contributed by atoms with Crippen molar-refractivity contribution in [3.63, 3.8) is 0 Å². The Bertz CT molecular complexity index is 1170. The van der Waals surface area contributed by atoms with Gasteiger partial charge >= 0.3 is 0 Å². The third-order valence-electron chi connectivity index (χ3n) is 5.61. The van der Waals surface area contributed by atoms with Crippen molar-refractivity contribution in [3.8, 4) is 0 Å². The number of carbonyl (C=O) groups excluding carboxylic acids is 1. The average Bonchev–Trinajstić information content (AvgIpc) is 3.00. The molecule has 0 saturated carbocycles. The summed E-state index contributed by atoms with van der Waals surface area (Å²) >= 11 is 6.24. The van der Waals surface area contributed by atoms with Crippen molar-refractivity contribution in [1.82, 2.24) is 9.80 Å². The van der Waals surface area contributed by atoms with Gasteiger partial charge in [0.25, 0.3) is 5.91 Å². The molecule has 0 N–H and O–H groups in total. The topological polar surface area (TPSA) is 53.8 Å². The largest absolute Gasteiger partial charge is 0.450 e. The van der Waals surface area contributed by atoms with E-state index in [-0.39, 0.29) is 17.1 Å². The average molecular weight is 425 g/mol. The molecule has 1 aliphatic heterocycles. The van der Waals surface area contributed by atoms with Gasteiger partial charge in [-0.1, -0.05) is 36.7 Å². The van der Waals surface area contributed by atoms with Crippen molar-refractivity contribution >= 4 is 28.5 Å². The standard InChI is InChI=1S/C24H25ClN2O3/c1-4-15-9-10-19-18(13-15)22(28)20-21(16-7-5-8-17(25)14-16)27(12-6-11-26(2)3)24(29)23(20)30-19/h5,7-10,13-14,21H,4,6,11-12H2,1-3H3. The number of halogens is 1. The highest BCUT2D eigenvalue weighted by Gasteiger charge is 2.42. The lowest BCUT2D eigenvalue weighted by Gasteiger charge is -2.25. The fourth-order valence-corrected chi connectivity index (χ4v) is 4.30. The van der Waals surface area contributed by atoms with Gasteiger partial charge in [0.1, 0.15) is 5.58 Å². The Morgan fingerprint density at radius 2 is 1.93 bits per heavy atom. The third kappa shape index (κ3) is 3.64. The fraction of sp³-hybridized carbons (Fsp3) is 0.333. The molecular weight excluding hydrogens is 400 g/mol. The minimum absolute atomic E-state index is 0.144. The summed E-state index contributed by atoms with van der Waals surface area (Å²) in [5.41, 5.74) is 2.59. The first kappa shape index (κ1) is 20.6. The molecule has 1 atom stereocenters. The van der Waals surface area contributed by atoms with Crippen LogP contribution in [0.5, 0.6) is 0 Å². The summed E-state index contributed by atoms with van der Waals surface area (Å²) in [5.74, 6) is -0.0983. The molecule has 156 valence electrons. The number of rotatable bonds is 6. The molecule has 6 heteroatoms. The number of hydrogen-bond donors (Lipinski definition) is 0. The summed E-state index contributed by atoms with van der Waals surface area (Å²) < 4.78 is 6.00. The Balaban J connectivity index is 1.89. The molecule has 0 bridgehead atoms. The first-order chi connectivity index (χ1) is 14.4. The lowest BCUT2D eigenvalue weighted by atomic mass is 9.98. The van der Waals surface area contributed by atoms with Crippen molar-refractivity contribution in [2.24, 2.45) is 0 Å². The lowest BCUT2D eigenvalue weighted by molar-refractivity contribution is 0.0722. The van der Waals surface area contributed by atoms with Crippen LogP contribution in [0.15, 0.2) is 51.7 Å². The van der Waals surface area contributed by atoms with E-state index >= 15 is 0 Å². The van der Waals surface area contributed by atoms with Crippen LogP contribution in [0.1, 0.15) is 46.6 Å². The van der Waals surface area contributed by atoms with Crippen molar-refractivity contribution in [2.45, 2.75) is 25.8 Å². The molecule has 30 heavy (non-hydrogen) atoms. The van der Waals surface area contributed by atoms with Crippen LogP contribution >= 0.6 is 11.6 Å². The van der Waals surface area contributed by atoms with E-state index in [1.807, 2.05) is 51.4 Å². The molecule has 1 aromatic heterocycles. The van der Waals surface area contributed by atoms with Gasteiger partial charge in [0.15, 0.2) is 5.43 Å². The van der Waals surface area contributed by atoms with Crippen LogP contribution in [0, 0.1) is 0 Å². The molecule has 1 amide bonds. The summed E-state index contributed by atoms with van der Waals surface area (Å²) in [6, 6.07) is 12.4. The zero-order valence-corrected chi connectivity index (χ0v) is 18.2. The van der Waals surface area contributed by atoms with E-state index in [1.165, 1.54) is 0 Å². The fourth-order valence-electron chi connectivity index (χ4n) is 4.10.